The van der Waals surface area contributed by atoms with Crippen LogP contribution in [0.4, 0.5) is 0 Å². The van der Waals surface area contributed by atoms with E-state index in [4.69, 9.17) is 7.85 Å². The van der Waals surface area contributed by atoms with E-state index in [1.54, 1.807) is 0 Å². The summed E-state index contributed by atoms with van der Waals surface area (Å²) < 4.78 is -0.190. The molecule has 0 saturated carbocycles. The average Bonchev–Trinajstić information content (AvgIpc) is 3.13. The highest BCUT2D eigenvalue weighted by atomic mass is 32.2. The molecule has 0 aromatic rings. The van der Waals surface area contributed by atoms with Gasteiger partial charge in [0.1, 0.15) is 18.1 Å². The Bertz CT molecular complexity index is 1010. The zero-order chi connectivity index (χ0) is 32.0. The zero-order valence-corrected chi connectivity index (χ0v) is 27.0. The lowest BCUT2D eigenvalue weighted by molar-refractivity contribution is -0.139. The predicted molar refractivity (Wildman–Crippen MR) is 165 cm³/mol. The van der Waals surface area contributed by atoms with Crippen molar-refractivity contribution in [2.45, 2.75) is 108 Å². The molecule has 0 aliphatic carbocycles. The molecule has 0 aromatic carbocycles. The average molecular weight is 626 g/mol. The second-order valence-corrected chi connectivity index (χ2v) is 14.3. The number of thioether (sulfide) groups is 2. The standard InChI is InChI=1S/C27H44BN5O7S2/c1-16(23(37)29-15-41-13-9-7-8-10-20(28)34)31-25(39)18(3)32-24(38)17(2)30-21(35)11-12-33-22(36)14-19(26(33)40)42-27(4,5)6/h16-19H,7-15H2,1-6H3,(H,29,37)(H,30,35)(H,31,39)(H,32,38)/t16-,17-,18+,19?/m0/s1. The minimum atomic E-state index is -0.976. The van der Waals surface area contributed by atoms with Gasteiger partial charge in [-0.15, -0.1) is 23.5 Å². The van der Waals surface area contributed by atoms with Gasteiger partial charge < -0.3 is 26.1 Å². The summed E-state index contributed by atoms with van der Waals surface area (Å²) in [5.41, 5.74) is -0.312. The minimum absolute atomic E-state index is 0.0761. The van der Waals surface area contributed by atoms with Crippen molar-refractivity contribution in [3.63, 3.8) is 0 Å². The van der Waals surface area contributed by atoms with Crippen molar-refractivity contribution in [2.24, 2.45) is 0 Å². The van der Waals surface area contributed by atoms with Gasteiger partial charge in [0.05, 0.1) is 16.8 Å². The van der Waals surface area contributed by atoms with E-state index in [0.29, 0.717) is 12.3 Å². The SMILES string of the molecule is [B]C(=O)CCCCCSCNC(=O)[C@H](C)NC(=O)[C@@H](C)NC(=O)[C@H](C)NC(=O)CCN1C(=O)CC(SC(C)(C)C)C1=O. The van der Waals surface area contributed by atoms with Gasteiger partial charge >= 0.3 is 0 Å². The number of carbonyl (C=O) groups excluding carboxylic acids is 7. The molecular formula is C27H44BN5O7S2. The fraction of sp³-hybridized carbons (Fsp3) is 0.741. The van der Waals surface area contributed by atoms with Gasteiger partial charge in [-0.05, 0) is 45.8 Å². The van der Waals surface area contributed by atoms with Crippen molar-refractivity contribution in [1.29, 1.82) is 0 Å². The number of imide groups is 1. The van der Waals surface area contributed by atoms with Crippen molar-refractivity contribution in [1.82, 2.24) is 26.2 Å². The third-order valence-electron chi connectivity index (χ3n) is 6.10. The van der Waals surface area contributed by atoms with Crippen LogP contribution in [0.2, 0.25) is 0 Å². The predicted octanol–water partition coefficient (Wildman–Crippen LogP) is 0.612. The second kappa shape index (κ2) is 18.2. The maximum atomic E-state index is 12.6. The van der Waals surface area contributed by atoms with Gasteiger partial charge in [-0.25, -0.2) is 0 Å². The van der Waals surface area contributed by atoms with Crippen LogP contribution in [0.15, 0.2) is 0 Å². The van der Waals surface area contributed by atoms with Crippen molar-refractivity contribution in [3.05, 3.63) is 0 Å². The largest absolute Gasteiger partial charge is 0.345 e. The van der Waals surface area contributed by atoms with Gasteiger partial charge in [-0.1, -0.05) is 27.2 Å². The molecule has 12 nitrogen and oxygen atoms in total. The second-order valence-electron chi connectivity index (χ2n) is 11.2. The van der Waals surface area contributed by atoms with E-state index in [9.17, 15) is 33.6 Å². The Hall–Kier alpha value is -2.55. The number of unbranched alkanes of at least 4 members (excludes halogenated alkanes) is 2. The molecule has 1 unspecified atom stereocenters. The number of hydrogen-bond donors (Lipinski definition) is 4. The summed E-state index contributed by atoms with van der Waals surface area (Å²) in [5, 5.41) is 9.80. The Morgan fingerprint density at radius 2 is 1.45 bits per heavy atom. The first-order valence-electron chi connectivity index (χ1n) is 14.1. The number of nitrogens with one attached hydrogen (secondary N) is 4. The topological polar surface area (TPSA) is 171 Å². The van der Waals surface area contributed by atoms with E-state index in [0.717, 1.165) is 29.9 Å². The van der Waals surface area contributed by atoms with Crippen LogP contribution in [0.3, 0.4) is 0 Å². The molecule has 42 heavy (non-hydrogen) atoms. The van der Waals surface area contributed by atoms with Crippen LogP contribution < -0.4 is 21.3 Å². The molecule has 0 spiro atoms. The molecule has 0 aromatic heterocycles. The van der Waals surface area contributed by atoms with E-state index < -0.39 is 41.1 Å². The summed E-state index contributed by atoms with van der Waals surface area (Å²) >= 11 is 2.94. The fourth-order valence-electron chi connectivity index (χ4n) is 3.83. The first-order valence-corrected chi connectivity index (χ1v) is 16.1. The quantitative estimate of drug-likeness (QED) is 0.0738. The third kappa shape index (κ3) is 14.6. The highest BCUT2D eigenvalue weighted by Crippen LogP contribution is 2.34. The van der Waals surface area contributed by atoms with E-state index in [1.807, 2.05) is 20.8 Å². The van der Waals surface area contributed by atoms with E-state index in [1.165, 1.54) is 44.3 Å². The van der Waals surface area contributed by atoms with Gasteiger partial charge in [0.15, 0.2) is 7.85 Å². The van der Waals surface area contributed by atoms with Crippen LogP contribution in [0.1, 0.15) is 80.1 Å². The molecule has 4 N–H and O–H groups in total. The van der Waals surface area contributed by atoms with Gasteiger partial charge in [0.25, 0.3) is 0 Å². The summed E-state index contributed by atoms with van der Waals surface area (Å²) in [7, 11) is 5.10. The molecule has 1 aliphatic rings. The van der Waals surface area contributed by atoms with E-state index in [2.05, 4.69) is 21.3 Å². The normalized spacial score (nSPS) is 17.3. The van der Waals surface area contributed by atoms with Gasteiger partial charge in [0.2, 0.25) is 35.4 Å². The molecule has 4 atom stereocenters. The van der Waals surface area contributed by atoms with Gasteiger partial charge in [0, 0.05) is 24.1 Å². The third-order valence-corrected chi connectivity index (χ3v) is 8.38. The Kier molecular flexibility index (Phi) is 16.2. The van der Waals surface area contributed by atoms with Crippen molar-refractivity contribution in [2.75, 3.05) is 18.2 Å². The van der Waals surface area contributed by atoms with Crippen LogP contribution in [-0.4, -0.2) is 100 Å². The van der Waals surface area contributed by atoms with Gasteiger partial charge in [-0.3, -0.25) is 33.7 Å². The fourth-order valence-corrected chi connectivity index (χ4v) is 5.94. The Balaban J connectivity index is 2.34. The Morgan fingerprint density at radius 1 is 0.881 bits per heavy atom. The van der Waals surface area contributed by atoms with Crippen LogP contribution in [0.5, 0.6) is 0 Å². The Morgan fingerprint density at radius 3 is 2.02 bits per heavy atom. The van der Waals surface area contributed by atoms with Crippen molar-refractivity contribution >= 4 is 72.5 Å². The number of hydrogen-bond acceptors (Lipinski definition) is 9. The Labute approximate surface area is 258 Å². The summed E-state index contributed by atoms with van der Waals surface area (Å²) in [6.07, 6.45) is 2.82. The molecule has 1 saturated heterocycles. The molecule has 234 valence electrons. The summed E-state index contributed by atoms with van der Waals surface area (Å²) in [6.45, 7) is 10.2. The molecule has 0 bridgehead atoms. The van der Waals surface area contributed by atoms with Gasteiger partial charge in [-0.2, -0.15) is 0 Å². The van der Waals surface area contributed by atoms with Crippen LogP contribution in [0, 0.1) is 0 Å². The monoisotopic (exact) mass is 625 g/mol. The highest BCUT2D eigenvalue weighted by molar-refractivity contribution is 8.01. The molecule has 1 aliphatic heterocycles. The summed E-state index contributed by atoms with van der Waals surface area (Å²) in [5.74, 6) is -1.52. The van der Waals surface area contributed by atoms with Crippen LogP contribution in [0.25, 0.3) is 0 Å². The number of nitrogens with zero attached hydrogens (tertiary/aromatic N) is 1. The number of carbonyl (C=O) groups is 7. The lowest BCUT2D eigenvalue weighted by atomic mass is 9.97. The molecule has 15 heteroatoms. The number of likely N-dealkylation sites (tertiary alicyclic amines) is 1. The number of amides is 6. The minimum Gasteiger partial charge on any atom is -0.345 e. The molecule has 2 radical (unpaired) electrons. The van der Waals surface area contributed by atoms with Crippen LogP contribution in [-0.2, 0) is 33.6 Å². The molecule has 1 rings (SSSR count). The highest BCUT2D eigenvalue weighted by Gasteiger charge is 2.40. The summed E-state index contributed by atoms with van der Waals surface area (Å²) in [4.78, 5) is 86.3. The molecule has 6 amide bonds. The smallest absolute Gasteiger partial charge is 0.242 e. The first-order chi connectivity index (χ1) is 19.5. The van der Waals surface area contributed by atoms with Crippen LogP contribution >= 0.6 is 23.5 Å². The summed E-state index contributed by atoms with van der Waals surface area (Å²) in [6, 6.07) is -2.78. The lowest BCUT2D eigenvalue weighted by Gasteiger charge is -2.22. The molecular weight excluding hydrogens is 581 g/mol. The van der Waals surface area contributed by atoms with Crippen molar-refractivity contribution in [3.8, 4) is 0 Å². The maximum Gasteiger partial charge on any atom is 0.242 e. The zero-order valence-electron chi connectivity index (χ0n) is 25.4. The maximum absolute atomic E-state index is 12.6. The van der Waals surface area contributed by atoms with E-state index >= 15 is 0 Å². The molecule has 1 heterocycles. The molecule has 1 fully saturated rings. The first kappa shape index (κ1) is 37.5. The van der Waals surface area contributed by atoms with Crippen molar-refractivity contribution < 1.29 is 33.6 Å². The van der Waals surface area contributed by atoms with E-state index in [-0.39, 0.29) is 47.5 Å². The number of rotatable bonds is 18. The lowest BCUT2D eigenvalue weighted by Crippen LogP contribution is -2.54.